The number of pyridine rings is 1. The predicted octanol–water partition coefficient (Wildman–Crippen LogP) is 3.02. The highest BCUT2D eigenvalue weighted by atomic mass is 19.1. The number of hydrogen-bond acceptors (Lipinski definition) is 2. The van der Waals surface area contributed by atoms with Crippen LogP contribution in [0, 0.1) is 12.7 Å². The largest absolute Gasteiger partial charge is 0.346 e. The first-order valence-corrected chi connectivity index (χ1v) is 6.59. The highest BCUT2D eigenvalue weighted by Gasteiger charge is 2.10. The van der Waals surface area contributed by atoms with Crippen LogP contribution in [0.1, 0.15) is 34.1 Å². The van der Waals surface area contributed by atoms with Gasteiger partial charge in [-0.15, -0.1) is 0 Å². The van der Waals surface area contributed by atoms with Crippen molar-refractivity contribution in [2.75, 3.05) is 0 Å². The summed E-state index contributed by atoms with van der Waals surface area (Å²) in [6.45, 7) is 4.14. The highest BCUT2D eigenvalue weighted by molar-refractivity contribution is 5.95. The first-order chi connectivity index (χ1) is 9.61. The van der Waals surface area contributed by atoms with Crippen LogP contribution in [0.15, 0.2) is 36.5 Å². The molecule has 0 aliphatic rings. The molecule has 1 N–H and O–H groups in total. The van der Waals surface area contributed by atoms with Gasteiger partial charge in [-0.3, -0.25) is 9.78 Å². The summed E-state index contributed by atoms with van der Waals surface area (Å²) in [5, 5.41) is 2.83. The van der Waals surface area contributed by atoms with Gasteiger partial charge in [-0.25, -0.2) is 4.39 Å². The average molecular weight is 272 g/mol. The molecule has 0 saturated heterocycles. The number of halogens is 1. The summed E-state index contributed by atoms with van der Waals surface area (Å²) < 4.78 is 13.0. The molecule has 0 unspecified atom stereocenters. The van der Waals surface area contributed by atoms with Crippen molar-refractivity contribution in [3.63, 3.8) is 0 Å². The Hall–Kier alpha value is -2.23. The third-order valence-electron chi connectivity index (χ3n) is 3.21. The van der Waals surface area contributed by atoms with Crippen LogP contribution in [0.3, 0.4) is 0 Å². The number of aromatic nitrogens is 1. The lowest BCUT2D eigenvalue weighted by molar-refractivity contribution is 0.0949. The van der Waals surface area contributed by atoms with Gasteiger partial charge >= 0.3 is 0 Å². The molecule has 1 aromatic heterocycles. The first-order valence-electron chi connectivity index (χ1n) is 6.59. The Kier molecular flexibility index (Phi) is 4.45. The van der Waals surface area contributed by atoms with E-state index in [4.69, 9.17) is 0 Å². The predicted molar refractivity (Wildman–Crippen MR) is 75.9 cm³/mol. The van der Waals surface area contributed by atoms with E-state index in [1.54, 1.807) is 13.1 Å². The highest BCUT2D eigenvalue weighted by Crippen LogP contribution is 2.11. The molecule has 1 heterocycles. The maximum absolute atomic E-state index is 13.0. The lowest BCUT2D eigenvalue weighted by Crippen LogP contribution is -2.24. The third-order valence-corrected chi connectivity index (χ3v) is 3.21. The van der Waals surface area contributed by atoms with Crippen molar-refractivity contribution in [1.29, 1.82) is 0 Å². The number of aryl methyl sites for hydroxylation is 2. The quantitative estimate of drug-likeness (QED) is 0.929. The number of carbonyl (C=O) groups excluding carboxylic acids is 1. The molecule has 0 spiro atoms. The lowest BCUT2D eigenvalue weighted by atomic mass is 10.1. The fraction of sp³-hybridized carbons (Fsp3) is 0.250. The fourth-order valence-electron chi connectivity index (χ4n) is 2.09. The number of amides is 1. The van der Waals surface area contributed by atoms with Crippen LogP contribution in [0.2, 0.25) is 0 Å². The van der Waals surface area contributed by atoms with Gasteiger partial charge in [0, 0.05) is 11.8 Å². The molecule has 2 aromatic rings. The summed E-state index contributed by atoms with van der Waals surface area (Å²) in [5.74, 6) is -0.549. The Balaban J connectivity index is 2.09. The zero-order chi connectivity index (χ0) is 14.5. The first kappa shape index (κ1) is 14.2. The summed E-state index contributed by atoms with van der Waals surface area (Å²) in [6, 6.07) is 8.03. The Bertz CT molecular complexity index is 626. The molecular weight excluding hydrogens is 255 g/mol. The SMILES string of the molecule is CCc1cccnc1CNC(=O)c1ccc(F)cc1C. The number of carbonyl (C=O) groups is 1. The van der Waals surface area contributed by atoms with Crippen LogP contribution in [0.5, 0.6) is 0 Å². The van der Waals surface area contributed by atoms with Crippen molar-refractivity contribution in [2.24, 2.45) is 0 Å². The van der Waals surface area contributed by atoms with E-state index in [1.165, 1.54) is 18.2 Å². The van der Waals surface area contributed by atoms with Crippen molar-refractivity contribution in [2.45, 2.75) is 26.8 Å². The van der Waals surface area contributed by atoms with Crippen LogP contribution < -0.4 is 5.32 Å². The minimum Gasteiger partial charge on any atom is -0.346 e. The molecule has 3 nitrogen and oxygen atoms in total. The summed E-state index contributed by atoms with van der Waals surface area (Å²) in [5.41, 5.74) is 3.09. The molecule has 0 aliphatic carbocycles. The van der Waals surface area contributed by atoms with Crippen LogP contribution in [-0.4, -0.2) is 10.9 Å². The minimum absolute atomic E-state index is 0.213. The smallest absolute Gasteiger partial charge is 0.251 e. The van der Waals surface area contributed by atoms with Gasteiger partial charge in [0.05, 0.1) is 12.2 Å². The molecule has 20 heavy (non-hydrogen) atoms. The van der Waals surface area contributed by atoms with Crippen molar-refractivity contribution in [3.05, 3.63) is 64.7 Å². The van der Waals surface area contributed by atoms with Gasteiger partial charge in [0.1, 0.15) is 5.82 Å². The van der Waals surface area contributed by atoms with E-state index in [0.29, 0.717) is 17.7 Å². The second-order valence-electron chi connectivity index (χ2n) is 4.60. The molecule has 0 bridgehead atoms. The molecule has 0 radical (unpaired) electrons. The molecule has 1 amide bonds. The van der Waals surface area contributed by atoms with Crippen molar-refractivity contribution >= 4 is 5.91 Å². The Labute approximate surface area is 117 Å². The number of benzene rings is 1. The van der Waals surface area contributed by atoms with Gasteiger partial charge in [-0.1, -0.05) is 13.0 Å². The standard InChI is InChI=1S/C16H17FN2O/c1-3-12-5-4-8-18-15(12)10-19-16(20)14-7-6-13(17)9-11(14)2/h4-9H,3,10H2,1-2H3,(H,19,20). The van der Waals surface area contributed by atoms with Gasteiger partial charge in [-0.2, -0.15) is 0 Å². The van der Waals surface area contributed by atoms with E-state index in [1.807, 2.05) is 19.1 Å². The summed E-state index contributed by atoms with van der Waals surface area (Å²) in [6.07, 6.45) is 2.58. The van der Waals surface area contributed by atoms with Crippen molar-refractivity contribution in [3.8, 4) is 0 Å². The van der Waals surface area contributed by atoms with E-state index in [9.17, 15) is 9.18 Å². The fourth-order valence-corrected chi connectivity index (χ4v) is 2.09. The van der Waals surface area contributed by atoms with Gasteiger partial charge in [0.15, 0.2) is 0 Å². The monoisotopic (exact) mass is 272 g/mol. The van der Waals surface area contributed by atoms with Crippen LogP contribution in [0.25, 0.3) is 0 Å². The van der Waals surface area contributed by atoms with Crippen LogP contribution in [-0.2, 0) is 13.0 Å². The third kappa shape index (κ3) is 3.20. The number of nitrogens with zero attached hydrogens (tertiary/aromatic N) is 1. The van der Waals surface area contributed by atoms with E-state index >= 15 is 0 Å². The molecular formula is C16H17FN2O. The van der Waals surface area contributed by atoms with Gasteiger partial charge in [0.2, 0.25) is 0 Å². The maximum atomic E-state index is 13.0. The molecule has 1 aromatic carbocycles. The van der Waals surface area contributed by atoms with Crippen molar-refractivity contribution in [1.82, 2.24) is 10.3 Å². The molecule has 0 fully saturated rings. The molecule has 0 saturated carbocycles. The Morgan fingerprint density at radius 1 is 1.35 bits per heavy atom. The normalized spacial score (nSPS) is 10.3. The van der Waals surface area contributed by atoms with E-state index in [-0.39, 0.29) is 11.7 Å². The van der Waals surface area contributed by atoms with E-state index in [0.717, 1.165) is 17.7 Å². The topological polar surface area (TPSA) is 42.0 Å². The average Bonchev–Trinajstić information content (AvgIpc) is 2.45. The molecule has 104 valence electrons. The van der Waals surface area contributed by atoms with Gasteiger partial charge < -0.3 is 5.32 Å². The molecule has 2 rings (SSSR count). The lowest BCUT2D eigenvalue weighted by Gasteiger charge is -2.09. The Morgan fingerprint density at radius 2 is 2.15 bits per heavy atom. The summed E-state index contributed by atoms with van der Waals surface area (Å²) in [7, 11) is 0. The van der Waals surface area contributed by atoms with Crippen LogP contribution >= 0.6 is 0 Å². The number of hydrogen-bond donors (Lipinski definition) is 1. The zero-order valence-corrected chi connectivity index (χ0v) is 11.6. The molecule has 4 heteroatoms. The van der Waals surface area contributed by atoms with E-state index < -0.39 is 0 Å². The molecule has 0 aliphatic heterocycles. The molecule has 0 atom stereocenters. The van der Waals surface area contributed by atoms with Crippen LogP contribution in [0.4, 0.5) is 4.39 Å². The Morgan fingerprint density at radius 3 is 2.85 bits per heavy atom. The summed E-state index contributed by atoms with van der Waals surface area (Å²) >= 11 is 0. The number of rotatable bonds is 4. The second kappa shape index (κ2) is 6.28. The van der Waals surface area contributed by atoms with Crippen molar-refractivity contribution < 1.29 is 9.18 Å². The van der Waals surface area contributed by atoms with E-state index in [2.05, 4.69) is 10.3 Å². The minimum atomic E-state index is -0.336. The maximum Gasteiger partial charge on any atom is 0.251 e. The van der Waals surface area contributed by atoms with Gasteiger partial charge in [-0.05, 0) is 48.7 Å². The summed E-state index contributed by atoms with van der Waals surface area (Å²) in [4.78, 5) is 16.4. The second-order valence-corrected chi connectivity index (χ2v) is 4.60. The zero-order valence-electron chi connectivity index (χ0n) is 11.6. The van der Waals surface area contributed by atoms with Gasteiger partial charge in [0.25, 0.3) is 5.91 Å². The number of nitrogens with one attached hydrogen (secondary N) is 1.